The number of nitrogens with zero attached hydrogens (tertiary/aromatic N) is 2. The van der Waals surface area contributed by atoms with Crippen molar-refractivity contribution >= 4 is 23.5 Å². The van der Waals surface area contributed by atoms with E-state index in [4.69, 9.17) is 0 Å². The standard InChI is InChI=1S/C22H22F3N3O4/c1-4-27(17-8-6-5-7-14(17)2)18(29)13-28-19(30)21(3,26-20(28)31)15-9-11-16(12-10-15)32-22(23,24)25/h5-12H,4,13H2,1-3H3,(H,26,31). The van der Waals surface area contributed by atoms with Gasteiger partial charge in [0, 0.05) is 12.2 Å². The van der Waals surface area contributed by atoms with Crippen molar-refractivity contribution in [3.8, 4) is 5.75 Å². The first kappa shape index (κ1) is 23.1. The molecule has 1 heterocycles. The fraction of sp³-hybridized carbons (Fsp3) is 0.318. The number of nitrogens with one attached hydrogen (secondary N) is 1. The molecule has 0 aliphatic carbocycles. The Morgan fingerprint density at radius 3 is 2.31 bits per heavy atom. The van der Waals surface area contributed by atoms with Crippen LogP contribution in [0.25, 0.3) is 0 Å². The Kier molecular flexibility index (Phi) is 6.16. The number of urea groups is 1. The van der Waals surface area contributed by atoms with E-state index in [1.165, 1.54) is 24.0 Å². The second-order valence-electron chi connectivity index (χ2n) is 7.44. The summed E-state index contributed by atoms with van der Waals surface area (Å²) in [4.78, 5) is 40.8. The van der Waals surface area contributed by atoms with Crippen LogP contribution in [-0.2, 0) is 15.1 Å². The van der Waals surface area contributed by atoms with E-state index in [1.54, 1.807) is 19.1 Å². The number of hydrogen-bond acceptors (Lipinski definition) is 4. The van der Waals surface area contributed by atoms with E-state index in [0.717, 1.165) is 22.6 Å². The SMILES string of the molecule is CCN(C(=O)CN1C(=O)NC(C)(c2ccc(OC(F)(F)F)cc2)C1=O)c1ccccc1C. The molecule has 1 fully saturated rings. The Balaban J connectivity index is 1.79. The smallest absolute Gasteiger partial charge is 0.406 e. The lowest BCUT2D eigenvalue weighted by Crippen LogP contribution is -2.44. The molecule has 32 heavy (non-hydrogen) atoms. The van der Waals surface area contributed by atoms with Crippen LogP contribution in [-0.4, -0.2) is 42.2 Å². The van der Waals surface area contributed by atoms with E-state index in [0.29, 0.717) is 12.2 Å². The first-order chi connectivity index (χ1) is 15.0. The van der Waals surface area contributed by atoms with Crippen LogP contribution in [0.15, 0.2) is 48.5 Å². The van der Waals surface area contributed by atoms with Crippen LogP contribution in [0.4, 0.5) is 23.7 Å². The summed E-state index contributed by atoms with van der Waals surface area (Å²) in [5.41, 5.74) is 0.265. The molecular formula is C22H22F3N3O4. The number of benzene rings is 2. The number of alkyl halides is 3. The van der Waals surface area contributed by atoms with E-state index in [1.807, 2.05) is 19.1 Å². The molecule has 3 rings (SSSR count). The Morgan fingerprint density at radius 1 is 1.12 bits per heavy atom. The molecule has 1 saturated heterocycles. The summed E-state index contributed by atoms with van der Waals surface area (Å²) in [7, 11) is 0. The minimum absolute atomic E-state index is 0.256. The third kappa shape index (κ3) is 4.53. The molecule has 0 aromatic heterocycles. The second-order valence-corrected chi connectivity index (χ2v) is 7.44. The summed E-state index contributed by atoms with van der Waals surface area (Å²) in [6, 6.07) is 11.1. The first-order valence-corrected chi connectivity index (χ1v) is 9.82. The van der Waals surface area contributed by atoms with Crippen molar-refractivity contribution in [1.82, 2.24) is 10.2 Å². The number of carbonyl (C=O) groups excluding carboxylic acids is 3. The predicted octanol–water partition coefficient (Wildman–Crippen LogP) is 3.71. The maximum atomic E-state index is 13.1. The van der Waals surface area contributed by atoms with Crippen molar-refractivity contribution in [1.29, 1.82) is 0 Å². The molecule has 0 spiro atoms. The Morgan fingerprint density at radius 2 is 1.75 bits per heavy atom. The van der Waals surface area contributed by atoms with Crippen LogP contribution in [0, 0.1) is 6.92 Å². The molecule has 2 aromatic carbocycles. The van der Waals surface area contributed by atoms with Crippen LogP contribution < -0.4 is 15.0 Å². The topological polar surface area (TPSA) is 79.0 Å². The van der Waals surface area contributed by atoms with Crippen molar-refractivity contribution in [2.24, 2.45) is 0 Å². The van der Waals surface area contributed by atoms with Gasteiger partial charge in [-0.1, -0.05) is 30.3 Å². The molecule has 0 saturated carbocycles. The van der Waals surface area contributed by atoms with Gasteiger partial charge >= 0.3 is 12.4 Å². The molecule has 1 N–H and O–H groups in total. The number of hydrogen-bond donors (Lipinski definition) is 1. The minimum Gasteiger partial charge on any atom is -0.406 e. The highest BCUT2D eigenvalue weighted by Crippen LogP contribution is 2.31. The first-order valence-electron chi connectivity index (χ1n) is 9.82. The van der Waals surface area contributed by atoms with Crippen LogP contribution >= 0.6 is 0 Å². The molecule has 0 bridgehead atoms. The number of halogens is 3. The summed E-state index contributed by atoms with van der Waals surface area (Å²) in [6.07, 6.45) is -4.85. The number of anilines is 1. The Labute approximate surface area is 182 Å². The van der Waals surface area contributed by atoms with Gasteiger partial charge in [-0.2, -0.15) is 0 Å². The third-order valence-electron chi connectivity index (χ3n) is 5.26. The maximum absolute atomic E-state index is 13.1. The number of likely N-dealkylation sites (N-methyl/N-ethyl adjacent to an activating group) is 1. The Hall–Kier alpha value is -3.56. The monoisotopic (exact) mass is 449 g/mol. The summed E-state index contributed by atoms with van der Waals surface area (Å²) in [5, 5.41) is 2.53. The van der Waals surface area contributed by atoms with E-state index in [2.05, 4.69) is 10.1 Å². The van der Waals surface area contributed by atoms with Gasteiger partial charge in [0.05, 0.1) is 0 Å². The zero-order valence-corrected chi connectivity index (χ0v) is 17.7. The van der Waals surface area contributed by atoms with Crippen LogP contribution in [0.3, 0.4) is 0 Å². The fourth-order valence-corrected chi connectivity index (χ4v) is 3.59. The lowest BCUT2D eigenvalue weighted by molar-refractivity contribution is -0.274. The normalized spacial score (nSPS) is 18.5. The number of rotatable bonds is 6. The average molecular weight is 449 g/mol. The number of aryl methyl sites for hydroxylation is 1. The average Bonchev–Trinajstić information content (AvgIpc) is 2.93. The van der Waals surface area contributed by atoms with E-state index < -0.39 is 42.0 Å². The summed E-state index contributed by atoms with van der Waals surface area (Å²) < 4.78 is 40.9. The molecule has 170 valence electrons. The minimum atomic E-state index is -4.85. The summed E-state index contributed by atoms with van der Waals surface area (Å²) in [5.74, 6) is -1.57. The number of amides is 4. The van der Waals surface area contributed by atoms with Gasteiger partial charge in [-0.25, -0.2) is 4.79 Å². The molecule has 4 amide bonds. The molecule has 1 aliphatic heterocycles. The maximum Gasteiger partial charge on any atom is 0.573 e. The van der Waals surface area contributed by atoms with E-state index in [9.17, 15) is 27.6 Å². The van der Waals surface area contributed by atoms with Gasteiger partial charge < -0.3 is 15.0 Å². The van der Waals surface area contributed by atoms with Gasteiger partial charge in [0.15, 0.2) is 0 Å². The van der Waals surface area contributed by atoms with Crippen LogP contribution in [0.2, 0.25) is 0 Å². The van der Waals surface area contributed by atoms with Crippen molar-refractivity contribution in [2.45, 2.75) is 32.7 Å². The predicted molar refractivity (Wildman–Crippen MR) is 110 cm³/mol. The molecular weight excluding hydrogens is 427 g/mol. The lowest BCUT2D eigenvalue weighted by atomic mass is 9.92. The van der Waals surface area contributed by atoms with Crippen molar-refractivity contribution in [3.05, 3.63) is 59.7 Å². The number of imide groups is 1. The summed E-state index contributed by atoms with van der Waals surface area (Å²) in [6.45, 7) is 4.92. The molecule has 2 aromatic rings. The molecule has 1 aliphatic rings. The van der Waals surface area contributed by atoms with Gasteiger partial charge in [-0.05, 0) is 50.1 Å². The number of para-hydroxylation sites is 1. The second kappa shape index (κ2) is 8.52. The highest BCUT2D eigenvalue weighted by molar-refractivity contribution is 6.10. The van der Waals surface area contributed by atoms with Gasteiger partial charge in [0.1, 0.15) is 17.8 Å². The highest BCUT2D eigenvalue weighted by Gasteiger charge is 2.49. The largest absolute Gasteiger partial charge is 0.573 e. The molecule has 0 radical (unpaired) electrons. The van der Waals surface area contributed by atoms with Crippen molar-refractivity contribution in [3.63, 3.8) is 0 Å². The molecule has 1 atom stereocenters. The lowest BCUT2D eigenvalue weighted by Gasteiger charge is -2.25. The fourth-order valence-electron chi connectivity index (χ4n) is 3.59. The number of ether oxygens (including phenoxy) is 1. The highest BCUT2D eigenvalue weighted by atomic mass is 19.4. The van der Waals surface area contributed by atoms with Gasteiger partial charge in [-0.15, -0.1) is 13.2 Å². The summed E-state index contributed by atoms with van der Waals surface area (Å²) >= 11 is 0. The van der Waals surface area contributed by atoms with Crippen molar-refractivity contribution < 1.29 is 32.3 Å². The van der Waals surface area contributed by atoms with Crippen molar-refractivity contribution in [2.75, 3.05) is 18.0 Å². The third-order valence-corrected chi connectivity index (χ3v) is 5.26. The van der Waals surface area contributed by atoms with Gasteiger partial charge in [0.25, 0.3) is 5.91 Å². The van der Waals surface area contributed by atoms with Crippen LogP contribution in [0.5, 0.6) is 5.75 Å². The van der Waals surface area contributed by atoms with E-state index >= 15 is 0 Å². The molecule has 10 heteroatoms. The quantitative estimate of drug-likeness (QED) is 0.682. The Bertz CT molecular complexity index is 1040. The zero-order valence-electron chi connectivity index (χ0n) is 17.7. The van der Waals surface area contributed by atoms with E-state index in [-0.39, 0.29) is 5.56 Å². The van der Waals surface area contributed by atoms with Gasteiger partial charge in [-0.3, -0.25) is 14.5 Å². The molecule has 7 nitrogen and oxygen atoms in total. The van der Waals surface area contributed by atoms with Gasteiger partial charge in [0.2, 0.25) is 5.91 Å². The van der Waals surface area contributed by atoms with Crippen LogP contribution in [0.1, 0.15) is 25.0 Å². The number of carbonyl (C=O) groups is 3. The molecule has 1 unspecified atom stereocenters. The zero-order chi connectivity index (χ0) is 23.7.